The van der Waals surface area contributed by atoms with Crippen molar-refractivity contribution < 1.29 is 22.7 Å². The molecule has 0 aromatic heterocycles. The van der Waals surface area contributed by atoms with E-state index in [1.807, 2.05) is 0 Å². The van der Waals surface area contributed by atoms with Gasteiger partial charge in [-0.05, 0) is 12.8 Å². The zero-order valence-electron chi connectivity index (χ0n) is 12.0. The van der Waals surface area contributed by atoms with Gasteiger partial charge in [-0.3, -0.25) is 9.69 Å². The Bertz CT molecular complexity index is 346. The van der Waals surface area contributed by atoms with Gasteiger partial charge in [0.25, 0.3) is 0 Å². The molecule has 0 unspecified atom stereocenters. The Balaban J connectivity index is 1.76. The summed E-state index contributed by atoms with van der Waals surface area (Å²) in [6.07, 6.45) is -2.44. The van der Waals surface area contributed by atoms with Crippen molar-refractivity contribution in [3.63, 3.8) is 0 Å². The number of alkyl halides is 3. The quantitative estimate of drug-likeness (QED) is 0.801. The van der Waals surface area contributed by atoms with Gasteiger partial charge in [0.15, 0.2) is 0 Å². The third-order valence-corrected chi connectivity index (χ3v) is 3.87. The van der Waals surface area contributed by atoms with Crippen molar-refractivity contribution >= 4 is 5.91 Å². The molecule has 0 aliphatic carbocycles. The molecular weight excluding hydrogens is 287 g/mol. The first-order valence-electron chi connectivity index (χ1n) is 7.33. The first kappa shape index (κ1) is 16.5. The number of rotatable bonds is 5. The molecule has 0 bridgehead atoms. The lowest BCUT2D eigenvalue weighted by atomic mass is 10.2. The van der Waals surface area contributed by atoms with Crippen LogP contribution in [0, 0.1) is 0 Å². The second kappa shape index (κ2) is 7.42. The van der Waals surface area contributed by atoms with Crippen LogP contribution in [0.2, 0.25) is 0 Å². The Morgan fingerprint density at radius 1 is 1.24 bits per heavy atom. The number of nitrogens with one attached hydrogen (secondary N) is 1. The van der Waals surface area contributed by atoms with E-state index >= 15 is 0 Å². The van der Waals surface area contributed by atoms with Crippen LogP contribution in [0.1, 0.15) is 12.8 Å². The zero-order valence-corrected chi connectivity index (χ0v) is 12.0. The minimum Gasteiger partial charge on any atom is -0.379 e. The van der Waals surface area contributed by atoms with Crippen molar-refractivity contribution in [1.29, 1.82) is 0 Å². The molecule has 8 heteroatoms. The van der Waals surface area contributed by atoms with Crippen molar-refractivity contribution in [3.05, 3.63) is 0 Å². The van der Waals surface area contributed by atoms with Crippen LogP contribution in [0.15, 0.2) is 0 Å². The molecule has 0 aromatic rings. The number of amides is 1. The monoisotopic (exact) mass is 309 g/mol. The predicted octanol–water partition coefficient (Wildman–Crippen LogP) is 0.462. The second-order valence-electron chi connectivity index (χ2n) is 5.51. The summed E-state index contributed by atoms with van der Waals surface area (Å²) in [5.41, 5.74) is 0. The molecule has 21 heavy (non-hydrogen) atoms. The molecule has 5 nitrogen and oxygen atoms in total. The van der Waals surface area contributed by atoms with E-state index in [9.17, 15) is 18.0 Å². The number of morpholine rings is 1. The SMILES string of the molecule is O=C(CNCC(F)(F)F)N1CCC[C@H]1CN1CCOCC1. The van der Waals surface area contributed by atoms with E-state index in [0.717, 1.165) is 32.5 Å². The molecule has 2 saturated heterocycles. The maximum absolute atomic E-state index is 12.1. The Morgan fingerprint density at radius 2 is 1.95 bits per heavy atom. The summed E-state index contributed by atoms with van der Waals surface area (Å²) in [4.78, 5) is 16.0. The molecular formula is C13H22F3N3O2. The van der Waals surface area contributed by atoms with Crippen LogP contribution in [-0.4, -0.2) is 80.4 Å². The van der Waals surface area contributed by atoms with Gasteiger partial charge in [-0.25, -0.2) is 0 Å². The molecule has 2 aliphatic heterocycles. The Morgan fingerprint density at radius 3 is 2.62 bits per heavy atom. The summed E-state index contributed by atoms with van der Waals surface area (Å²) in [6.45, 7) is 3.16. The minimum atomic E-state index is -4.28. The van der Waals surface area contributed by atoms with E-state index in [0.29, 0.717) is 19.8 Å². The van der Waals surface area contributed by atoms with Gasteiger partial charge in [0.05, 0.1) is 26.3 Å². The molecule has 2 rings (SSSR count). The number of hydrogen-bond donors (Lipinski definition) is 1. The summed E-state index contributed by atoms with van der Waals surface area (Å²) in [5, 5.41) is 2.18. The molecule has 2 heterocycles. The maximum atomic E-state index is 12.1. The number of likely N-dealkylation sites (tertiary alicyclic amines) is 1. The zero-order chi connectivity index (χ0) is 15.3. The number of halogens is 3. The summed E-state index contributed by atoms with van der Waals surface area (Å²) in [7, 11) is 0. The Labute approximate surface area is 122 Å². The van der Waals surface area contributed by atoms with Gasteiger partial charge >= 0.3 is 6.18 Å². The maximum Gasteiger partial charge on any atom is 0.401 e. The van der Waals surface area contributed by atoms with Crippen LogP contribution >= 0.6 is 0 Å². The van der Waals surface area contributed by atoms with Crippen molar-refractivity contribution in [2.75, 3.05) is 52.5 Å². The van der Waals surface area contributed by atoms with E-state index < -0.39 is 12.7 Å². The van der Waals surface area contributed by atoms with Crippen LogP contribution in [0.3, 0.4) is 0 Å². The van der Waals surface area contributed by atoms with E-state index in [1.165, 1.54) is 0 Å². The van der Waals surface area contributed by atoms with Gasteiger partial charge < -0.3 is 15.0 Å². The summed E-state index contributed by atoms with van der Waals surface area (Å²) < 4.78 is 41.5. The standard InChI is InChI=1S/C13H22F3N3O2/c14-13(15,16)10-17-8-12(20)19-3-1-2-11(19)9-18-4-6-21-7-5-18/h11,17H,1-10H2/t11-/m0/s1. The predicted molar refractivity (Wildman–Crippen MR) is 70.9 cm³/mol. The fraction of sp³-hybridized carbons (Fsp3) is 0.923. The largest absolute Gasteiger partial charge is 0.401 e. The number of carbonyl (C=O) groups excluding carboxylic acids is 1. The number of hydrogen-bond acceptors (Lipinski definition) is 4. The van der Waals surface area contributed by atoms with Gasteiger partial charge in [0.1, 0.15) is 0 Å². The highest BCUT2D eigenvalue weighted by Crippen LogP contribution is 2.19. The van der Waals surface area contributed by atoms with Crippen molar-refractivity contribution in [3.8, 4) is 0 Å². The number of nitrogens with zero attached hydrogens (tertiary/aromatic N) is 2. The van der Waals surface area contributed by atoms with Crippen LogP contribution in [0.25, 0.3) is 0 Å². The Kier molecular flexibility index (Phi) is 5.83. The number of carbonyl (C=O) groups is 1. The second-order valence-corrected chi connectivity index (χ2v) is 5.51. The molecule has 2 aliphatic rings. The van der Waals surface area contributed by atoms with Crippen LogP contribution in [0.4, 0.5) is 13.2 Å². The molecule has 1 atom stereocenters. The first-order valence-corrected chi connectivity index (χ1v) is 7.33. The lowest BCUT2D eigenvalue weighted by Gasteiger charge is -2.33. The van der Waals surface area contributed by atoms with Crippen LogP contribution < -0.4 is 5.32 Å². The highest BCUT2D eigenvalue weighted by molar-refractivity contribution is 5.78. The van der Waals surface area contributed by atoms with E-state index in [2.05, 4.69) is 10.2 Å². The van der Waals surface area contributed by atoms with Crippen molar-refractivity contribution in [2.45, 2.75) is 25.1 Å². The molecule has 2 fully saturated rings. The van der Waals surface area contributed by atoms with E-state index in [-0.39, 0.29) is 18.5 Å². The third-order valence-electron chi connectivity index (χ3n) is 3.87. The molecule has 0 radical (unpaired) electrons. The van der Waals surface area contributed by atoms with Gasteiger partial charge in [-0.1, -0.05) is 0 Å². The molecule has 122 valence electrons. The first-order chi connectivity index (χ1) is 9.96. The Hall–Kier alpha value is -0.860. The summed E-state index contributed by atoms with van der Waals surface area (Å²) in [5.74, 6) is -0.241. The fourth-order valence-corrected chi connectivity index (χ4v) is 2.85. The van der Waals surface area contributed by atoms with Crippen LogP contribution in [-0.2, 0) is 9.53 Å². The van der Waals surface area contributed by atoms with Gasteiger partial charge in [0, 0.05) is 32.2 Å². The number of ether oxygens (including phenoxy) is 1. The summed E-state index contributed by atoms with van der Waals surface area (Å²) >= 11 is 0. The molecule has 0 aromatic carbocycles. The highest BCUT2D eigenvalue weighted by atomic mass is 19.4. The average Bonchev–Trinajstić information content (AvgIpc) is 2.86. The van der Waals surface area contributed by atoms with E-state index in [1.54, 1.807) is 4.90 Å². The highest BCUT2D eigenvalue weighted by Gasteiger charge is 2.31. The van der Waals surface area contributed by atoms with Gasteiger partial charge in [-0.2, -0.15) is 13.2 Å². The smallest absolute Gasteiger partial charge is 0.379 e. The molecule has 0 saturated carbocycles. The summed E-state index contributed by atoms with van der Waals surface area (Å²) in [6, 6.07) is 0.114. The fourth-order valence-electron chi connectivity index (χ4n) is 2.85. The van der Waals surface area contributed by atoms with Crippen LogP contribution in [0.5, 0.6) is 0 Å². The normalized spacial score (nSPS) is 24.5. The molecule has 1 N–H and O–H groups in total. The van der Waals surface area contributed by atoms with Gasteiger partial charge in [-0.15, -0.1) is 0 Å². The lowest BCUT2D eigenvalue weighted by Crippen LogP contribution is -2.49. The molecule has 1 amide bonds. The van der Waals surface area contributed by atoms with E-state index in [4.69, 9.17) is 4.74 Å². The lowest BCUT2D eigenvalue weighted by molar-refractivity contribution is -0.135. The van der Waals surface area contributed by atoms with Crippen molar-refractivity contribution in [2.24, 2.45) is 0 Å². The topological polar surface area (TPSA) is 44.8 Å². The molecule has 0 spiro atoms. The average molecular weight is 309 g/mol. The van der Waals surface area contributed by atoms with Crippen molar-refractivity contribution in [1.82, 2.24) is 15.1 Å². The minimum absolute atomic E-state index is 0.114. The van der Waals surface area contributed by atoms with Gasteiger partial charge in [0.2, 0.25) is 5.91 Å². The third kappa shape index (κ3) is 5.44.